The number of carbonyl (C=O) groups is 1. The van der Waals surface area contributed by atoms with Gasteiger partial charge >= 0.3 is 0 Å². The number of benzene rings is 2. The third kappa shape index (κ3) is 5.31. The first kappa shape index (κ1) is 19.9. The van der Waals surface area contributed by atoms with Crippen molar-refractivity contribution in [3.63, 3.8) is 0 Å². The molecule has 0 atom stereocenters. The number of carbonyl (C=O) groups excluding carboxylic acids is 1. The summed E-state index contributed by atoms with van der Waals surface area (Å²) in [7, 11) is -0.590. The van der Waals surface area contributed by atoms with E-state index in [1.54, 1.807) is 12.1 Å². The smallest absolute Gasteiger partial charge is 0.242 e. The van der Waals surface area contributed by atoms with E-state index in [-0.39, 0.29) is 10.8 Å². The number of nitrogens with one attached hydrogen (secondary N) is 1. The number of sulfonamides is 1. The fourth-order valence-electron chi connectivity index (χ4n) is 2.35. The van der Waals surface area contributed by atoms with Crippen LogP contribution in [0.3, 0.4) is 0 Å². The molecule has 6 nitrogen and oxygen atoms in total. The molecule has 7 heteroatoms. The van der Waals surface area contributed by atoms with Crippen LogP contribution in [-0.4, -0.2) is 39.3 Å². The average Bonchev–Trinajstić information content (AvgIpc) is 2.61. The maximum Gasteiger partial charge on any atom is 0.242 e. The summed E-state index contributed by atoms with van der Waals surface area (Å²) >= 11 is 0. The van der Waals surface area contributed by atoms with E-state index in [1.807, 2.05) is 31.2 Å². The monoisotopic (exact) mass is 376 g/mol. The van der Waals surface area contributed by atoms with Gasteiger partial charge < -0.3 is 10.1 Å². The van der Waals surface area contributed by atoms with Crippen LogP contribution in [0, 0.1) is 0 Å². The lowest BCUT2D eigenvalue weighted by atomic mass is 10.1. The van der Waals surface area contributed by atoms with E-state index in [2.05, 4.69) is 5.32 Å². The normalized spacial score (nSPS) is 11.4. The first-order chi connectivity index (χ1) is 12.3. The Labute approximate surface area is 154 Å². The molecule has 0 aliphatic carbocycles. The van der Waals surface area contributed by atoms with Gasteiger partial charge in [-0.1, -0.05) is 18.2 Å². The van der Waals surface area contributed by atoms with Crippen molar-refractivity contribution in [2.45, 2.75) is 24.7 Å². The second-order valence-electron chi connectivity index (χ2n) is 5.94. The Bertz CT molecular complexity index is 846. The Morgan fingerprint density at radius 1 is 1.12 bits per heavy atom. The van der Waals surface area contributed by atoms with Crippen molar-refractivity contribution in [2.24, 2.45) is 0 Å². The largest absolute Gasteiger partial charge is 0.494 e. The molecule has 0 bridgehead atoms. The van der Waals surface area contributed by atoms with Crippen molar-refractivity contribution in [1.82, 2.24) is 4.31 Å². The molecule has 0 radical (unpaired) electrons. The topological polar surface area (TPSA) is 75.7 Å². The summed E-state index contributed by atoms with van der Waals surface area (Å²) in [6.07, 6.45) is 0.895. The molecule has 1 N–H and O–H groups in total. The number of ether oxygens (including phenoxy) is 1. The van der Waals surface area contributed by atoms with Crippen molar-refractivity contribution < 1.29 is 17.9 Å². The summed E-state index contributed by atoms with van der Waals surface area (Å²) in [5.41, 5.74) is 1.50. The van der Waals surface area contributed by atoms with E-state index < -0.39 is 10.0 Å². The molecule has 0 aromatic heterocycles. The van der Waals surface area contributed by atoms with Gasteiger partial charge in [-0.15, -0.1) is 0 Å². The van der Waals surface area contributed by atoms with E-state index >= 15 is 0 Å². The van der Waals surface area contributed by atoms with Gasteiger partial charge in [-0.3, -0.25) is 4.79 Å². The minimum Gasteiger partial charge on any atom is -0.494 e. The molecular weight excluding hydrogens is 352 g/mol. The van der Waals surface area contributed by atoms with Gasteiger partial charge in [0.1, 0.15) is 5.75 Å². The predicted molar refractivity (Wildman–Crippen MR) is 102 cm³/mol. The predicted octanol–water partition coefficient (Wildman–Crippen LogP) is 2.91. The number of aryl methyl sites for hydroxylation is 1. The fourth-order valence-corrected chi connectivity index (χ4v) is 3.29. The van der Waals surface area contributed by atoms with Crippen LogP contribution >= 0.6 is 0 Å². The van der Waals surface area contributed by atoms with E-state index in [0.29, 0.717) is 25.1 Å². The zero-order valence-corrected chi connectivity index (χ0v) is 16.0. The summed E-state index contributed by atoms with van der Waals surface area (Å²) in [6, 6.07) is 13.9. The molecule has 0 aliphatic heterocycles. The van der Waals surface area contributed by atoms with Crippen LogP contribution in [0.5, 0.6) is 5.75 Å². The summed E-state index contributed by atoms with van der Waals surface area (Å²) in [5.74, 6) is 0.637. The molecule has 0 saturated heterocycles. The molecule has 0 aliphatic rings. The van der Waals surface area contributed by atoms with E-state index in [9.17, 15) is 13.2 Å². The van der Waals surface area contributed by atoms with Crippen LogP contribution in [-0.2, 0) is 21.2 Å². The van der Waals surface area contributed by atoms with Gasteiger partial charge in [-0.25, -0.2) is 12.7 Å². The molecule has 1 amide bonds. The van der Waals surface area contributed by atoms with Gasteiger partial charge in [0, 0.05) is 26.2 Å². The minimum atomic E-state index is -3.53. The summed E-state index contributed by atoms with van der Waals surface area (Å²) in [5, 5.41) is 2.75. The molecule has 0 spiro atoms. The van der Waals surface area contributed by atoms with Crippen LogP contribution in [0.15, 0.2) is 53.4 Å². The Morgan fingerprint density at radius 2 is 1.81 bits per heavy atom. The number of anilines is 1. The standard InChI is InChI=1S/C19H24N2O4S/c1-4-25-17-11-8-15(9-12-17)10-13-19(22)20-16-6-5-7-18(14-16)26(23,24)21(2)3/h5-9,11-12,14H,4,10,13H2,1-3H3,(H,20,22). The van der Waals surface area contributed by atoms with Crippen molar-refractivity contribution in [1.29, 1.82) is 0 Å². The molecule has 0 unspecified atom stereocenters. The first-order valence-electron chi connectivity index (χ1n) is 8.37. The second kappa shape index (κ2) is 8.82. The molecule has 26 heavy (non-hydrogen) atoms. The lowest BCUT2D eigenvalue weighted by Gasteiger charge is -2.12. The van der Waals surface area contributed by atoms with Crippen LogP contribution in [0.1, 0.15) is 18.9 Å². The highest BCUT2D eigenvalue weighted by Gasteiger charge is 2.17. The molecule has 0 fully saturated rings. The van der Waals surface area contributed by atoms with Crippen LogP contribution in [0.25, 0.3) is 0 Å². The van der Waals surface area contributed by atoms with Gasteiger partial charge in [0.2, 0.25) is 15.9 Å². The minimum absolute atomic E-state index is 0.145. The molecule has 2 rings (SSSR count). The highest BCUT2D eigenvalue weighted by atomic mass is 32.2. The number of amides is 1. The molecule has 0 saturated carbocycles. The first-order valence-corrected chi connectivity index (χ1v) is 9.81. The van der Waals surface area contributed by atoms with Crippen LogP contribution < -0.4 is 10.1 Å². The molecular formula is C19H24N2O4S. The van der Waals surface area contributed by atoms with E-state index in [0.717, 1.165) is 15.6 Å². The Hall–Kier alpha value is -2.38. The fraction of sp³-hybridized carbons (Fsp3) is 0.316. The van der Waals surface area contributed by atoms with Gasteiger partial charge in [0.15, 0.2) is 0 Å². The third-order valence-electron chi connectivity index (χ3n) is 3.77. The zero-order chi connectivity index (χ0) is 19.2. The summed E-state index contributed by atoms with van der Waals surface area (Å²) in [6.45, 7) is 2.54. The Balaban J connectivity index is 1.95. The third-order valence-corrected chi connectivity index (χ3v) is 5.58. The van der Waals surface area contributed by atoms with Crippen molar-refractivity contribution in [2.75, 3.05) is 26.0 Å². The van der Waals surface area contributed by atoms with Crippen molar-refractivity contribution in [3.05, 3.63) is 54.1 Å². The number of nitrogens with zero attached hydrogens (tertiary/aromatic N) is 1. The van der Waals surface area contributed by atoms with Gasteiger partial charge in [-0.2, -0.15) is 0 Å². The number of rotatable bonds is 8. The maximum atomic E-state index is 12.2. The quantitative estimate of drug-likeness (QED) is 0.769. The highest BCUT2D eigenvalue weighted by Crippen LogP contribution is 2.18. The van der Waals surface area contributed by atoms with Crippen LogP contribution in [0.4, 0.5) is 5.69 Å². The lowest BCUT2D eigenvalue weighted by Crippen LogP contribution is -2.22. The van der Waals surface area contributed by atoms with Crippen molar-refractivity contribution >= 4 is 21.6 Å². The number of hydrogen-bond acceptors (Lipinski definition) is 4. The van der Waals surface area contributed by atoms with Gasteiger partial charge in [0.05, 0.1) is 11.5 Å². The molecule has 2 aromatic rings. The molecule has 140 valence electrons. The average molecular weight is 376 g/mol. The van der Waals surface area contributed by atoms with Gasteiger partial charge in [0.25, 0.3) is 0 Å². The van der Waals surface area contributed by atoms with Gasteiger partial charge in [-0.05, 0) is 49.2 Å². The van der Waals surface area contributed by atoms with Crippen molar-refractivity contribution in [3.8, 4) is 5.75 Å². The Morgan fingerprint density at radius 3 is 2.42 bits per heavy atom. The SMILES string of the molecule is CCOc1ccc(CCC(=O)Nc2cccc(S(=O)(=O)N(C)C)c2)cc1. The molecule has 2 aromatic carbocycles. The maximum absolute atomic E-state index is 12.2. The zero-order valence-electron chi connectivity index (χ0n) is 15.2. The number of hydrogen-bond donors (Lipinski definition) is 1. The Kier molecular flexibility index (Phi) is 6.76. The van der Waals surface area contributed by atoms with E-state index in [4.69, 9.17) is 4.74 Å². The highest BCUT2D eigenvalue weighted by molar-refractivity contribution is 7.89. The van der Waals surface area contributed by atoms with E-state index in [1.165, 1.54) is 26.2 Å². The van der Waals surface area contributed by atoms with Crippen LogP contribution in [0.2, 0.25) is 0 Å². The summed E-state index contributed by atoms with van der Waals surface area (Å²) < 4.78 is 30.8. The molecule has 0 heterocycles. The second-order valence-corrected chi connectivity index (χ2v) is 8.09. The summed E-state index contributed by atoms with van der Waals surface area (Å²) in [4.78, 5) is 12.3. The lowest BCUT2D eigenvalue weighted by molar-refractivity contribution is -0.116.